The average molecular weight is 255 g/mol. The number of rotatable bonds is 3. The number of carbonyl (C=O) groups excluding carboxylic acids is 1. The Hall–Kier alpha value is -1.31. The highest BCUT2D eigenvalue weighted by Crippen LogP contribution is 2.61. The van der Waals surface area contributed by atoms with E-state index in [2.05, 4.69) is 36.5 Å². The topological polar surface area (TPSA) is 29.1 Å². The van der Waals surface area contributed by atoms with Crippen molar-refractivity contribution < 1.29 is 4.79 Å². The molecular weight excluding hydrogens is 234 g/mol. The number of amides is 1. The van der Waals surface area contributed by atoms with E-state index in [4.69, 9.17) is 0 Å². The van der Waals surface area contributed by atoms with Crippen molar-refractivity contribution in [1.29, 1.82) is 0 Å². The zero-order chi connectivity index (χ0) is 13.0. The van der Waals surface area contributed by atoms with Gasteiger partial charge in [0.2, 0.25) is 5.91 Å². The molecule has 2 fully saturated rings. The Labute approximate surface area is 114 Å². The van der Waals surface area contributed by atoms with Gasteiger partial charge in [-0.3, -0.25) is 4.79 Å². The minimum atomic E-state index is 0.292. The fraction of sp³-hybridized carbons (Fsp3) is 0.588. The fourth-order valence-corrected chi connectivity index (χ4v) is 4.04. The maximum atomic E-state index is 11.9. The lowest BCUT2D eigenvalue weighted by molar-refractivity contribution is -0.122. The molecule has 1 aromatic rings. The quantitative estimate of drug-likeness (QED) is 0.884. The number of aryl methyl sites for hydroxylation is 1. The van der Waals surface area contributed by atoms with Gasteiger partial charge >= 0.3 is 0 Å². The van der Waals surface area contributed by atoms with Crippen LogP contribution in [-0.4, -0.2) is 12.5 Å². The van der Waals surface area contributed by atoms with Crippen LogP contribution in [0.1, 0.15) is 37.3 Å². The van der Waals surface area contributed by atoms with Gasteiger partial charge in [-0.15, -0.1) is 0 Å². The van der Waals surface area contributed by atoms with Crippen LogP contribution in [0.25, 0.3) is 0 Å². The Balaban J connectivity index is 1.40. The first-order chi connectivity index (χ1) is 9.21. The molecule has 100 valence electrons. The van der Waals surface area contributed by atoms with Gasteiger partial charge < -0.3 is 5.32 Å². The van der Waals surface area contributed by atoms with E-state index in [9.17, 15) is 4.79 Å². The molecule has 1 spiro atoms. The van der Waals surface area contributed by atoms with Crippen LogP contribution in [0.2, 0.25) is 0 Å². The SMILES string of the molecule is C[C@@H]1C[C@@H]1C(=O)NC[C@@H]1C[C@]12CCc1ccccc12. The summed E-state index contributed by atoms with van der Waals surface area (Å²) >= 11 is 0. The normalized spacial score (nSPS) is 38.1. The Morgan fingerprint density at radius 1 is 1.42 bits per heavy atom. The van der Waals surface area contributed by atoms with Gasteiger partial charge in [0.05, 0.1) is 0 Å². The van der Waals surface area contributed by atoms with Gasteiger partial charge in [0, 0.05) is 17.9 Å². The van der Waals surface area contributed by atoms with Crippen molar-refractivity contribution in [1.82, 2.24) is 5.32 Å². The van der Waals surface area contributed by atoms with Crippen LogP contribution in [0.15, 0.2) is 24.3 Å². The molecule has 0 radical (unpaired) electrons. The lowest BCUT2D eigenvalue weighted by atomic mass is 9.95. The van der Waals surface area contributed by atoms with Crippen molar-refractivity contribution in [3.05, 3.63) is 35.4 Å². The Kier molecular flexibility index (Phi) is 2.33. The molecule has 0 aromatic heterocycles. The minimum absolute atomic E-state index is 0.292. The number of hydrogen-bond donors (Lipinski definition) is 1. The van der Waals surface area contributed by atoms with Crippen LogP contribution in [0, 0.1) is 17.8 Å². The molecule has 3 aliphatic rings. The predicted molar refractivity (Wildman–Crippen MR) is 74.8 cm³/mol. The second-order valence-corrected chi connectivity index (χ2v) is 6.78. The van der Waals surface area contributed by atoms with Gasteiger partial charge in [-0.2, -0.15) is 0 Å². The van der Waals surface area contributed by atoms with Crippen LogP contribution in [0.3, 0.4) is 0 Å². The third kappa shape index (κ3) is 1.73. The molecule has 0 unspecified atom stereocenters. The largest absolute Gasteiger partial charge is 0.356 e. The third-order valence-corrected chi connectivity index (χ3v) is 5.60. The second kappa shape index (κ2) is 3.84. The molecule has 1 amide bonds. The van der Waals surface area contributed by atoms with Gasteiger partial charge in [0.25, 0.3) is 0 Å². The van der Waals surface area contributed by atoms with Crippen molar-refractivity contribution in [2.24, 2.45) is 17.8 Å². The van der Waals surface area contributed by atoms with Crippen molar-refractivity contribution in [3.63, 3.8) is 0 Å². The molecule has 1 N–H and O–H groups in total. The molecule has 2 nitrogen and oxygen atoms in total. The summed E-state index contributed by atoms with van der Waals surface area (Å²) in [5, 5.41) is 3.18. The first kappa shape index (κ1) is 11.5. The van der Waals surface area contributed by atoms with Gasteiger partial charge in [0.15, 0.2) is 0 Å². The zero-order valence-corrected chi connectivity index (χ0v) is 11.5. The highest BCUT2D eigenvalue weighted by Gasteiger charge is 2.57. The first-order valence-electron chi connectivity index (χ1n) is 7.57. The smallest absolute Gasteiger partial charge is 0.223 e. The van der Waals surface area contributed by atoms with Crippen LogP contribution in [0.4, 0.5) is 0 Å². The van der Waals surface area contributed by atoms with Crippen LogP contribution in [-0.2, 0) is 16.6 Å². The van der Waals surface area contributed by atoms with E-state index in [1.807, 2.05) is 0 Å². The number of benzene rings is 1. The molecule has 0 heterocycles. The molecule has 3 aliphatic carbocycles. The fourth-order valence-electron chi connectivity index (χ4n) is 4.04. The van der Waals surface area contributed by atoms with Crippen molar-refractivity contribution in [2.45, 2.75) is 38.0 Å². The van der Waals surface area contributed by atoms with E-state index in [0.717, 1.165) is 13.0 Å². The van der Waals surface area contributed by atoms with Crippen molar-refractivity contribution in [2.75, 3.05) is 6.54 Å². The molecule has 4 atom stereocenters. The summed E-state index contributed by atoms with van der Waals surface area (Å²) in [7, 11) is 0. The van der Waals surface area contributed by atoms with Gasteiger partial charge in [-0.1, -0.05) is 31.2 Å². The third-order valence-electron chi connectivity index (χ3n) is 5.60. The van der Waals surface area contributed by atoms with Crippen LogP contribution in [0.5, 0.6) is 0 Å². The molecular formula is C17H21NO. The van der Waals surface area contributed by atoms with E-state index in [0.29, 0.717) is 29.1 Å². The zero-order valence-electron chi connectivity index (χ0n) is 11.5. The van der Waals surface area contributed by atoms with E-state index >= 15 is 0 Å². The standard InChI is InChI=1S/C17H21NO/c1-11-8-14(11)16(19)18-10-13-9-17(13)7-6-12-4-2-3-5-15(12)17/h2-5,11,13-14H,6-10H2,1H3,(H,18,19)/t11-,13+,14+,17-/m1/s1. The predicted octanol–water partition coefficient (Wildman–Crippen LogP) is 2.66. The second-order valence-electron chi connectivity index (χ2n) is 6.78. The maximum absolute atomic E-state index is 11.9. The Morgan fingerprint density at radius 3 is 3.00 bits per heavy atom. The summed E-state index contributed by atoms with van der Waals surface area (Å²) in [6, 6.07) is 8.87. The first-order valence-corrected chi connectivity index (χ1v) is 7.57. The molecule has 2 saturated carbocycles. The average Bonchev–Trinajstić information content (AvgIpc) is 3.27. The number of nitrogens with one attached hydrogen (secondary N) is 1. The summed E-state index contributed by atoms with van der Waals surface area (Å²) in [5.41, 5.74) is 3.51. The molecule has 0 bridgehead atoms. The summed E-state index contributed by atoms with van der Waals surface area (Å²) in [6.07, 6.45) is 4.86. The number of carbonyl (C=O) groups is 1. The maximum Gasteiger partial charge on any atom is 0.223 e. The van der Waals surface area contributed by atoms with Crippen LogP contribution < -0.4 is 5.32 Å². The number of hydrogen-bond acceptors (Lipinski definition) is 1. The number of fused-ring (bicyclic) bond motifs is 2. The Bertz CT molecular complexity index is 538. The van der Waals surface area contributed by atoms with Crippen molar-refractivity contribution in [3.8, 4) is 0 Å². The lowest BCUT2D eigenvalue weighted by Gasteiger charge is -2.12. The minimum Gasteiger partial charge on any atom is -0.356 e. The van der Waals surface area contributed by atoms with E-state index < -0.39 is 0 Å². The molecule has 1 aromatic carbocycles. The van der Waals surface area contributed by atoms with Gasteiger partial charge in [-0.25, -0.2) is 0 Å². The molecule has 2 heteroatoms. The summed E-state index contributed by atoms with van der Waals surface area (Å²) in [6.45, 7) is 3.05. The summed E-state index contributed by atoms with van der Waals surface area (Å²) in [4.78, 5) is 11.9. The highest BCUT2D eigenvalue weighted by molar-refractivity contribution is 5.81. The van der Waals surface area contributed by atoms with Gasteiger partial charge in [0.1, 0.15) is 0 Å². The summed E-state index contributed by atoms with van der Waals surface area (Å²) in [5.74, 6) is 1.89. The highest BCUT2D eigenvalue weighted by atomic mass is 16.2. The van der Waals surface area contributed by atoms with E-state index in [1.54, 1.807) is 5.56 Å². The van der Waals surface area contributed by atoms with Crippen molar-refractivity contribution >= 4 is 5.91 Å². The molecule has 0 saturated heterocycles. The monoisotopic (exact) mass is 255 g/mol. The van der Waals surface area contributed by atoms with Crippen LogP contribution >= 0.6 is 0 Å². The van der Waals surface area contributed by atoms with E-state index in [-0.39, 0.29) is 0 Å². The Morgan fingerprint density at radius 2 is 2.21 bits per heavy atom. The lowest BCUT2D eigenvalue weighted by Crippen LogP contribution is -2.29. The molecule has 0 aliphatic heterocycles. The summed E-state index contributed by atoms with van der Waals surface area (Å²) < 4.78 is 0. The van der Waals surface area contributed by atoms with Gasteiger partial charge in [-0.05, 0) is 48.6 Å². The molecule has 4 rings (SSSR count). The molecule has 19 heavy (non-hydrogen) atoms. The van der Waals surface area contributed by atoms with E-state index in [1.165, 1.54) is 24.8 Å².